The highest BCUT2D eigenvalue weighted by Gasteiger charge is 2.05. The molecule has 0 aliphatic carbocycles. The Morgan fingerprint density at radius 1 is 1.37 bits per heavy atom. The van der Waals surface area contributed by atoms with Crippen LogP contribution >= 0.6 is 15.9 Å². The fraction of sp³-hybridized carbons (Fsp3) is 0.214. The SMILES string of the molecule is Cc1cc(Br)ccc1NC(=O)CNCc1ccco1. The van der Waals surface area contributed by atoms with E-state index in [0.29, 0.717) is 6.54 Å². The Morgan fingerprint density at radius 3 is 2.89 bits per heavy atom. The van der Waals surface area contributed by atoms with E-state index in [-0.39, 0.29) is 12.5 Å². The Kier molecular flexibility index (Phi) is 4.76. The number of hydrogen-bond donors (Lipinski definition) is 2. The number of rotatable bonds is 5. The van der Waals surface area contributed by atoms with Crippen molar-refractivity contribution in [2.75, 3.05) is 11.9 Å². The van der Waals surface area contributed by atoms with Crippen LogP contribution < -0.4 is 10.6 Å². The first-order valence-corrected chi connectivity index (χ1v) is 6.73. The van der Waals surface area contributed by atoms with Crippen LogP contribution in [0, 0.1) is 6.92 Å². The Labute approximate surface area is 120 Å². The molecule has 0 bridgehead atoms. The summed E-state index contributed by atoms with van der Waals surface area (Å²) in [5.41, 5.74) is 1.85. The summed E-state index contributed by atoms with van der Waals surface area (Å²) >= 11 is 3.39. The molecular formula is C14H15BrN2O2. The van der Waals surface area contributed by atoms with Crippen LogP contribution in [-0.2, 0) is 11.3 Å². The van der Waals surface area contributed by atoms with E-state index >= 15 is 0 Å². The normalized spacial score (nSPS) is 10.4. The molecule has 0 spiro atoms. The van der Waals surface area contributed by atoms with Crippen molar-refractivity contribution in [1.29, 1.82) is 0 Å². The van der Waals surface area contributed by atoms with E-state index < -0.39 is 0 Å². The van der Waals surface area contributed by atoms with Gasteiger partial charge in [0.1, 0.15) is 5.76 Å². The van der Waals surface area contributed by atoms with Gasteiger partial charge in [-0.25, -0.2) is 0 Å². The zero-order chi connectivity index (χ0) is 13.7. The lowest BCUT2D eigenvalue weighted by Gasteiger charge is -2.09. The summed E-state index contributed by atoms with van der Waals surface area (Å²) in [7, 11) is 0. The molecule has 4 nitrogen and oxygen atoms in total. The molecule has 1 aromatic heterocycles. The Hall–Kier alpha value is -1.59. The molecule has 0 saturated carbocycles. The zero-order valence-electron chi connectivity index (χ0n) is 10.6. The van der Waals surface area contributed by atoms with Gasteiger partial charge < -0.3 is 15.1 Å². The number of amides is 1. The summed E-state index contributed by atoms with van der Waals surface area (Å²) in [5.74, 6) is 0.740. The minimum absolute atomic E-state index is 0.0722. The lowest BCUT2D eigenvalue weighted by molar-refractivity contribution is -0.115. The monoisotopic (exact) mass is 322 g/mol. The first-order valence-electron chi connectivity index (χ1n) is 5.94. The van der Waals surface area contributed by atoms with E-state index in [9.17, 15) is 4.79 Å². The lowest BCUT2D eigenvalue weighted by Crippen LogP contribution is -2.27. The number of hydrogen-bond acceptors (Lipinski definition) is 3. The smallest absolute Gasteiger partial charge is 0.238 e. The van der Waals surface area contributed by atoms with Gasteiger partial charge in [-0.15, -0.1) is 0 Å². The van der Waals surface area contributed by atoms with Crippen LogP contribution in [0.5, 0.6) is 0 Å². The van der Waals surface area contributed by atoms with E-state index in [0.717, 1.165) is 21.5 Å². The van der Waals surface area contributed by atoms with Gasteiger partial charge in [0.05, 0.1) is 19.4 Å². The number of carbonyl (C=O) groups is 1. The highest BCUT2D eigenvalue weighted by atomic mass is 79.9. The molecule has 2 rings (SSSR count). The van der Waals surface area contributed by atoms with Gasteiger partial charge in [-0.05, 0) is 42.8 Å². The molecule has 0 aliphatic rings. The van der Waals surface area contributed by atoms with Gasteiger partial charge in [-0.2, -0.15) is 0 Å². The third-order valence-electron chi connectivity index (χ3n) is 2.63. The van der Waals surface area contributed by atoms with Crippen LogP contribution in [0.4, 0.5) is 5.69 Å². The molecule has 5 heteroatoms. The molecular weight excluding hydrogens is 308 g/mol. The third-order valence-corrected chi connectivity index (χ3v) is 3.12. The maximum atomic E-state index is 11.8. The molecule has 100 valence electrons. The first kappa shape index (κ1) is 13.8. The second-order valence-electron chi connectivity index (χ2n) is 4.19. The van der Waals surface area contributed by atoms with Crippen LogP contribution in [-0.4, -0.2) is 12.5 Å². The Morgan fingerprint density at radius 2 is 2.21 bits per heavy atom. The molecule has 19 heavy (non-hydrogen) atoms. The molecule has 1 aromatic carbocycles. The van der Waals surface area contributed by atoms with Gasteiger partial charge in [0, 0.05) is 10.2 Å². The number of aryl methyl sites for hydroxylation is 1. The van der Waals surface area contributed by atoms with E-state index in [2.05, 4.69) is 26.6 Å². The minimum Gasteiger partial charge on any atom is -0.468 e. The highest BCUT2D eigenvalue weighted by Crippen LogP contribution is 2.19. The molecule has 0 saturated heterocycles. The molecule has 0 fully saturated rings. The van der Waals surface area contributed by atoms with Crippen molar-refractivity contribution in [2.45, 2.75) is 13.5 Å². The molecule has 1 amide bonds. The Balaban J connectivity index is 1.80. The van der Waals surface area contributed by atoms with Gasteiger partial charge in [0.25, 0.3) is 0 Å². The topological polar surface area (TPSA) is 54.3 Å². The number of nitrogens with one attached hydrogen (secondary N) is 2. The number of anilines is 1. The average molecular weight is 323 g/mol. The highest BCUT2D eigenvalue weighted by molar-refractivity contribution is 9.10. The van der Waals surface area contributed by atoms with E-state index in [4.69, 9.17) is 4.42 Å². The summed E-state index contributed by atoms with van der Waals surface area (Å²) < 4.78 is 6.17. The molecule has 1 heterocycles. The number of carbonyl (C=O) groups excluding carboxylic acids is 1. The predicted octanol–water partition coefficient (Wildman–Crippen LogP) is 3.08. The van der Waals surface area contributed by atoms with Gasteiger partial charge in [0.2, 0.25) is 5.91 Å². The summed E-state index contributed by atoms with van der Waals surface area (Å²) in [6, 6.07) is 9.43. The average Bonchev–Trinajstić information content (AvgIpc) is 2.86. The molecule has 2 aromatic rings. The van der Waals surface area contributed by atoms with Crippen molar-refractivity contribution >= 4 is 27.5 Å². The second-order valence-corrected chi connectivity index (χ2v) is 5.11. The Bertz CT molecular complexity index is 553. The van der Waals surface area contributed by atoms with Crippen molar-refractivity contribution < 1.29 is 9.21 Å². The standard InChI is InChI=1S/C14H15BrN2O2/c1-10-7-11(15)4-5-13(10)17-14(18)9-16-8-12-3-2-6-19-12/h2-7,16H,8-9H2,1H3,(H,17,18). The molecule has 0 atom stereocenters. The summed E-state index contributed by atoms with van der Waals surface area (Å²) in [6.45, 7) is 2.74. The van der Waals surface area contributed by atoms with Crippen LogP contribution in [0.2, 0.25) is 0 Å². The second kappa shape index (κ2) is 6.54. The maximum Gasteiger partial charge on any atom is 0.238 e. The van der Waals surface area contributed by atoms with E-state index in [1.54, 1.807) is 6.26 Å². The van der Waals surface area contributed by atoms with Gasteiger partial charge >= 0.3 is 0 Å². The van der Waals surface area contributed by atoms with Crippen LogP contribution in [0.1, 0.15) is 11.3 Å². The summed E-state index contributed by atoms with van der Waals surface area (Å²) in [4.78, 5) is 11.8. The van der Waals surface area contributed by atoms with Crippen molar-refractivity contribution in [2.24, 2.45) is 0 Å². The number of benzene rings is 1. The minimum atomic E-state index is -0.0722. The van der Waals surface area contributed by atoms with Crippen LogP contribution in [0.25, 0.3) is 0 Å². The van der Waals surface area contributed by atoms with Crippen LogP contribution in [0.15, 0.2) is 45.5 Å². The molecule has 0 radical (unpaired) electrons. The van der Waals surface area contributed by atoms with Crippen molar-refractivity contribution in [3.05, 3.63) is 52.4 Å². The van der Waals surface area contributed by atoms with Gasteiger partial charge in [0.15, 0.2) is 0 Å². The third kappa shape index (κ3) is 4.22. The van der Waals surface area contributed by atoms with Gasteiger partial charge in [-0.3, -0.25) is 4.79 Å². The van der Waals surface area contributed by atoms with E-state index in [1.807, 2.05) is 37.3 Å². The lowest BCUT2D eigenvalue weighted by atomic mass is 10.2. The molecule has 0 aliphatic heterocycles. The zero-order valence-corrected chi connectivity index (χ0v) is 12.2. The first-order chi connectivity index (χ1) is 9.15. The molecule has 2 N–H and O–H groups in total. The fourth-order valence-corrected chi connectivity index (χ4v) is 2.15. The summed E-state index contributed by atoms with van der Waals surface area (Å²) in [5, 5.41) is 5.89. The van der Waals surface area contributed by atoms with Crippen molar-refractivity contribution in [1.82, 2.24) is 5.32 Å². The van der Waals surface area contributed by atoms with E-state index in [1.165, 1.54) is 0 Å². The number of furan rings is 1. The maximum absolute atomic E-state index is 11.8. The van der Waals surface area contributed by atoms with Crippen molar-refractivity contribution in [3.8, 4) is 0 Å². The van der Waals surface area contributed by atoms with Gasteiger partial charge in [-0.1, -0.05) is 15.9 Å². The van der Waals surface area contributed by atoms with Crippen molar-refractivity contribution in [3.63, 3.8) is 0 Å². The fourth-order valence-electron chi connectivity index (χ4n) is 1.67. The molecule has 0 unspecified atom stereocenters. The largest absolute Gasteiger partial charge is 0.468 e. The summed E-state index contributed by atoms with van der Waals surface area (Å²) in [6.07, 6.45) is 1.61. The number of halogens is 1. The predicted molar refractivity (Wildman–Crippen MR) is 77.9 cm³/mol. The van der Waals surface area contributed by atoms with Crippen LogP contribution in [0.3, 0.4) is 0 Å². The quantitative estimate of drug-likeness (QED) is 0.889.